The normalized spacial score (nSPS) is 10.6. The summed E-state index contributed by atoms with van der Waals surface area (Å²) < 4.78 is 5.47. The number of nitrogens with one attached hydrogen (secondary N) is 1. The van der Waals surface area contributed by atoms with Crippen molar-refractivity contribution in [3.63, 3.8) is 0 Å². The van der Waals surface area contributed by atoms with Crippen molar-refractivity contribution < 1.29 is 19.1 Å². The van der Waals surface area contributed by atoms with E-state index in [-0.39, 0.29) is 11.6 Å². The summed E-state index contributed by atoms with van der Waals surface area (Å²) in [6.45, 7) is 1.82. The van der Waals surface area contributed by atoms with E-state index in [0.717, 1.165) is 16.9 Å². The molecule has 25 heavy (non-hydrogen) atoms. The van der Waals surface area contributed by atoms with E-state index in [1.807, 2.05) is 6.92 Å². The maximum absolute atomic E-state index is 12.4. The number of thiophene rings is 1. The third-order valence-electron chi connectivity index (χ3n) is 3.54. The van der Waals surface area contributed by atoms with Gasteiger partial charge in [-0.05, 0) is 24.6 Å². The molecule has 3 rings (SSSR count). The topological polar surface area (TPSA) is 113 Å². The van der Waals surface area contributed by atoms with E-state index in [1.54, 1.807) is 25.5 Å². The molecule has 2 N–H and O–H groups in total. The fourth-order valence-corrected chi connectivity index (χ4v) is 3.12. The van der Waals surface area contributed by atoms with Gasteiger partial charge in [0, 0.05) is 31.2 Å². The van der Waals surface area contributed by atoms with Crippen molar-refractivity contribution in [1.82, 2.24) is 4.98 Å². The van der Waals surface area contributed by atoms with E-state index in [4.69, 9.17) is 9.52 Å². The average molecular weight is 359 g/mol. The molecule has 9 heteroatoms. The molecule has 8 nitrogen and oxygen atoms in total. The minimum Gasteiger partial charge on any atom is -0.477 e. The second kappa shape index (κ2) is 6.36. The smallest absolute Gasteiger partial charge is 0.351 e. The number of nitrogens with zero attached hydrogens (tertiary/aromatic N) is 2. The predicted octanol–water partition coefficient (Wildman–Crippen LogP) is 2.92. The summed E-state index contributed by atoms with van der Waals surface area (Å²) in [5, 5.41) is 12.2. The van der Waals surface area contributed by atoms with Crippen LogP contribution >= 0.6 is 11.3 Å². The number of rotatable bonds is 3. The Balaban J connectivity index is 1.90. The molecule has 3 aromatic rings. The quantitative estimate of drug-likeness (QED) is 0.743. The van der Waals surface area contributed by atoms with E-state index in [2.05, 4.69) is 10.3 Å². The van der Waals surface area contributed by atoms with Crippen molar-refractivity contribution in [1.29, 1.82) is 0 Å². The zero-order valence-electron chi connectivity index (χ0n) is 13.3. The van der Waals surface area contributed by atoms with Crippen LogP contribution in [-0.2, 0) is 0 Å². The molecular formula is C16H13N3O5S. The van der Waals surface area contributed by atoms with Gasteiger partial charge in [0.05, 0.1) is 4.70 Å². The van der Waals surface area contributed by atoms with Gasteiger partial charge in [0.25, 0.3) is 0 Å². The summed E-state index contributed by atoms with van der Waals surface area (Å²) in [7, 11) is 1.56. The van der Waals surface area contributed by atoms with Gasteiger partial charge in [0.2, 0.25) is 0 Å². The molecule has 0 atom stereocenters. The first-order valence-corrected chi connectivity index (χ1v) is 7.95. The Morgan fingerprint density at radius 1 is 1.36 bits per heavy atom. The number of aryl methyl sites for hydroxylation is 1. The molecular weight excluding hydrogens is 346 g/mol. The van der Waals surface area contributed by atoms with E-state index in [1.165, 1.54) is 17.0 Å². The van der Waals surface area contributed by atoms with Gasteiger partial charge in [0.1, 0.15) is 10.6 Å². The number of amides is 2. The summed E-state index contributed by atoms with van der Waals surface area (Å²) in [6, 6.07) is 4.06. The van der Waals surface area contributed by atoms with Crippen LogP contribution in [0.25, 0.3) is 10.3 Å². The number of hydrogen-bond acceptors (Lipinski definition) is 6. The highest BCUT2D eigenvalue weighted by Gasteiger charge is 2.18. The van der Waals surface area contributed by atoms with Crippen LogP contribution in [0.1, 0.15) is 15.9 Å². The fraction of sp³-hybridized carbons (Fsp3) is 0.125. The SMILES string of the molecule is Cc1cnccc1NC(=O)N(C)c1cc2oc(=O)c(C(=O)O)cc2s1. The molecule has 0 aromatic carbocycles. The Labute approximate surface area is 145 Å². The third-order valence-corrected chi connectivity index (χ3v) is 4.68. The van der Waals surface area contributed by atoms with Gasteiger partial charge in [-0.2, -0.15) is 0 Å². The molecule has 0 aliphatic heterocycles. The lowest BCUT2D eigenvalue weighted by atomic mass is 10.2. The summed E-state index contributed by atoms with van der Waals surface area (Å²) in [5.74, 6) is -1.36. The predicted molar refractivity (Wildman–Crippen MR) is 93.7 cm³/mol. The number of aromatic nitrogens is 1. The lowest BCUT2D eigenvalue weighted by Crippen LogP contribution is -2.30. The fourth-order valence-electron chi connectivity index (χ4n) is 2.13. The number of urea groups is 1. The number of carboxylic acids is 1. The second-order valence-electron chi connectivity index (χ2n) is 5.25. The first-order chi connectivity index (χ1) is 11.9. The third kappa shape index (κ3) is 3.22. The van der Waals surface area contributed by atoms with Gasteiger partial charge in [0.15, 0.2) is 5.58 Å². The maximum Gasteiger partial charge on any atom is 0.351 e. The number of pyridine rings is 1. The molecule has 0 unspecified atom stereocenters. The highest BCUT2D eigenvalue weighted by Crippen LogP contribution is 2.32. The zero-order chi connectivity index (χ0) is 18.1. The number of carboxylic acid groups (broad SMARTS) is 1. The van der Waals surface area contributed by atoms with E-state index in [0.29, 0.717) is 15.4 Å². The van der Waals surface area contributed by atoms with Crippen molar-refractivity contribution >= 4 is 44.3 Å². The van der Waals surface area contributed by atoms with Crippen LogP contribution < -0.4 is 15.8 Å². The Kier molecular flexibility index (Phi) is 4.24. The lowest BCUT2D eigenvalue weighted by Gasteiger charge is -2.16. The molecule has 0 aliphatic carbocycles. The molecule has 0 aliphatic rings. The van der Waals surface area contributed by atoms with Crippen LogP contribution in [0, 0.1) is 6.92 Å². The number of carbonyl (C=O) groups is 2. The largest absolute Gasteiger partial charge is 0.477 e. The molecule has 0 radical (unpaired) electrons. The summed E-state index contributed by atoms with van der Waals surface area (Å²) in [6.07, 6.45) is 3.21. The van der Waals surface area contributed by atoms with Crippen LogP contribution in [0.2, 0.25) is 0 Å². The van der Waals surface area contributed by atoms with Gasteiger partial charge < -0.3 is 14.8 Å². The van der Waals surface area contributed by atoms with Crippen molar-refractivity contribution in [2.45, 2.75) is 6.92 Å². The van der Waals surface area contributed by atoms with Crippen molar-refractivity contribution in [3.05, 3.63) is 52.1 Å². The van der Waals surface area contributed by atoms with Crippen molar-refractivity contribution in [2.24, 2.45) is 0 Å². The van der Waals surface area contributed by atoms with E-state index >= 15 is 0 Å². The number of aromatic carboxylic acids is 1. The molecule has 0 spiro atoms. The molecule has 0 bridgehead atoms. The van der Waals surface area contributed by atoms with Crippen LogP contribution in [0.15, 0.2) is 39.8 Å². The Bertz CT molecular complexity index is 1040. The maximum atomic E-state index is 12.4. The molecule has 0 fully saturated rings. The average Bonchev–Trinajstić information content (AvgIpc) is 2.97. The number of hydrogen-bond donors (Lipinski definition) is 2. The van der Waals surface area contributed by atoms with Crippen molar-refractivity contribution in [2.75, 3.05) is 17.3 Å². The minimum atomic E-state index is -1.36. The van der Waals surface area contributed by atoms with Crippen LogP contribution in [0.3, 0.4) is 0 Å². The molecule has 0 saturated heterocycles. The second-order valence-corrected chi connectivity index (χ2v) is 6.31. The molecule has 0 saturated carbocycles. The lowest BCUT2D eigenvalue weighted by molar-refractivity contribution is 0.0692. The first-order valence-electron chi connectivity index (χ1n) is 7.13. The molecule has 3 heterocycles. The summed E-state index contributed by atoms with van der Waals surface area (Å²) in [4.78, 5) is 40.4. The molecule has 128 valence electrons. The number of fused-ring (bicyclic) bond motifs is 1. The Morgan fingerprint density at radius 2 is 2.12 bits per heavy atom. The van der Waals surface area contributed by atoms with E-state index < -0.39 is 17.2 Å². The Hall–Kier alpha value is -3.20. The van der Waals surface area contributed by atoms with Crippen LogP contribution in [-0.4, -0.2) is 29.1 Å². The minimum absolute atomic E-state index is 0.231. The van der Waals surface area contributed by atoms with Crippen molar-refractivity contribution in [3.8, 4) is 0 Å². The molecule has 2 amide bonds. The standard InChI is InChI=1S/C16H13N3O5S/c1-8-7-17-4-3-10(8)18-16(23)19(2)13-6-11-12(25-13)5-9(14(20)21)15(22)24-11/h3-7H,1-2H3,(H,20,21)(H,17,18,23). The number of anilines is 2. The van der Waals surface area contributed by atoms with Gasteiger partial charge >= 0.3 is 17.6 Å². The summed E-state index contributed by atoms with van der Waals surface area (Å²) >= 11 is 1.15. The van der Waals surface area contributed by atoms with Gasteiger partial charge in [-0.15, -0.1) is 11.3 Å². The van der Waals surface area contributed by atoms with Gasteiger partial charge in [-0.1, -0.05) is 0 Å². The van der Waals surface area contributed by atoms with Crippen LogP contribution in [0.4, 0.5) is 15.5 Å². The van der Waals surface area contributed by atoms with Gasteiger partial charge in [-0.3, -0.25) is 9.88 Å². The first kappa shape index (κ1) is 16.7. The highest BCUT2D eigenvalue weighted by molar-refractivity contribution is 7.22. The molecule has 3 aromatic heterocycles. The van der Waals surface area contributed by atoms with Crippen LogP contribution in [0.5, 0.6) is 0 Å². The van der Waals surface area contributed by atoms with E-state index in [9.17, 15) is 14.4 Å². The van der Waals surface area contributed by atoms with Gasteiger partial charge in [-0.25, -0.2) is 14.4 Å². The highest BCUT2D eigenvalue weighted by atomic mass is 32.1. The monoisotopic (exact) mass is 359 g/mol. The summed E-state index contributed by atoms with van der Waals surface area (Å²) in [5.41, 5.74) is 0.310. The zero-order valence-corrected chi connectivity index (χ0v) is 14.1. The Morgan fingerprint density at radius 3 is 2.80 bits per heavy atom. The number of carbonyl (C=O) groups excluding carboxylic acids is 1.